The Balaban J connectivity index is 1.91. The Labute approximate surface area is 154 Å². The van der Waals surface area contributed by atoms with E-state index in [2.05, 4.69) is 25.4 Å². The number of hydrogen-bond donors (Lipinski definition) is 2. The number of benzene rings is 1. The van der Waals surface area contributed by atoms with Gasteiger partial charge in [-0.2, -0.15) is 0 Å². The highest BCUT2D eigenvalue weighted by molar-refractivity contribution is 6.00. The number of fused-ring (bicyclic) bond motifs is 1. The molecule has 1 aromatic rings. The number of carbonyl (C=O) groups excluding carboxylic acids is 1. The number of nitrogens with one attached hydrogen (secondary N) is 1. The molecule has 2 aliphatic heterocycles. The van der Waals surface area contributed by atoms with Gasteiger partial charge >= 0.3 is 0 Å². The highest BCUT2D eigenvalue weighted by Gasteiger charge is 2.33. The van der Waals surface area contributed by atoms with E-state index in [0.29, 0.717) is 11.4 Å². The van der Waals surface area contributed by atoms with E-state index in [-0.39, 0.29) is 25.2 Å². The monoisotopic (exact) mass is 363 g/mol. The van der Waals surface area contributed by atoms with Gasteiger partial charge in [-0.15, -0.1) is 0 Å². The lowest BCUT2D eigenvalue weighted by Gasteiger charge is -2.23. The molecule has 10 nitrogen and oxygen atoms in total. The van der Waals surface area contributed by atoms with E-state index in [9.17, 15) is 4.79 Å². The maximum atomic E-state index is 12.0. The van der Waals surface area contributed by atoms with Crippen LogP contribution in [0.15, 0.2) is 64.6 Å². The number of nitrogens with zero attached hydrogens (tertiary/aromatic N) is 7. The molecular weight excluding hydrogens is 346 g/mol. The van der Waals surface area contributed by atoms with Crippen molar-refractivity contribution in [3.8, 4) is 0 Å². The third kappa shape index (κ3) is 3.72. The molecule has 0 radical (unpaired) electrons. The van der Waals surface area contributed by atoms with Crippen molar-refractivity contribution in [3.63, 3.8) is 0 Å². The van der Waals surface area contributed by atoms with Crippen LogP contribution in [0.5, 0.6) is 0 Å². The summed E-state index contributed by atoms with van der Waals surface area (Å²) in [5, 5.41) is 10.4. The summed E-state index contributed by atoms with van der Waals surface area (Å²) in [6.45, 7) is 0.377. The number of hydrogen-bond acceptors (Lipinski definition) is 5. The average molecular weight is 363 g/mol. The molecule has 1 unspecified atom stereocenters. The molecule has 1 aromatic carbocycles. The first-order valence-electron chi connectivity index (χ1n) is 8.21. The zero-order valence-electron chi connectivity index (χ0n) is 14.3. The summed E-state index contributed by atoms with van der Waals surface area (Å²) < 4.78 is 0. The standard InChI is InChI=1S/C17H17N9O/c18-17(27)16-15(23-14-3-1-2-8-26(14)16)12-6-4-11(5-7-12)13(9-21-24-19)10-22-25-20/h1-8,13-14,23H,9-10H2,(H2,18,27). The van der Waals surface area contributed by atoms with E-state index >= 15 is 0 Å². The fraction of sp³-hybridized carbons (Fsp3) is 0.235. The van der Waals surface area contributed by atoms with E-state index in [1.54, 1.807) is 11.1 Å². The minimum absolute atomic E-state index is 0.158. The second-order valence-corrected chi connectivity index (χ2v) is 5.96. The summed E-state index contributed by atoms with van der Waals surface area (Å²) in [6.07, 6.45) is 7.31. The molecule has 0 fully saturated rings. The average Bonchev–Trinajstić information content (AvgIpc) is 3.08. The molecule has 0 saturated carbocycles. The Bertz CT molecular complexity index is 898. The van der Waals surface area contributed by atoms with Gasteiger partial charge in [0, 0.05) is 34.7 Å². The zero-order chi connectivity index (χ0) is 19.2. The van der Waals surface area contributed by atoms with Gasteiger partial charge in [-0.3, -0.25) is 4.79 Å². The zero-order valence-corrected chi connectivity index (χ0v) is 14.3. The van der Waals surface area contributed by atoms with Crippen LogP contribution in [0.3, 0.4) is 0 Å². The van der Waals surface area contributed by atoms with Crippen molar-refractivity contribution in [1.29, 1.82) is 0 Å². The second kappa shape index (κ2) is 8.01. The van der Waals surface area contributed by atoms with Gasteiger partial charge in [-0.05, 0) is 34.7 Å². The minimum atomic E-state index is -0.520. The maximum absolute atomic E-state index is 12.0. The van der Waals surface area contributed by atoms with Gasteiger partial charge in [0.2, 0.25) is 0 Å². The molecule has 3 rings (SSSR count). The number of azide groups is 2. The number of primary amides is 1. The smallest absolute Gasteiger partial charge is 0.267 e. The predicted octanol–water partition coefficient (Wildman–Crippen LogP) is 2.86. The Morgan fingerprint density at radius 1 is 1.19 bits per heavy atom. The Kier molecular flexibility index (Phi) is 5.32. The van der Waals surface area contributed by atoms with Crippen LogP contribution in [-0.2, 0) is 4.79 Å². The largest absolute Gasteiger partial charge is 0.364 e. The molecule has 0 bridgehead atoms. The van der Waals surface area contributed by atoms with E-state index in [4.69, 9.17) is 16.8 Å². The SMILES string of the molecule is [N-]=[N+]=NCC(CN=[N+]=[N-])c1ccc(C2=C(C(N)=O)N3C=CC=CC3N2)cc1. The molecule has 1 amide bonds. The topological polar surface area (TPSA) is 156 Å². The molecular formula is C17H17N9O. The predicted molar refractivity (Wildman–Crippen MR) is 100 cm³/mol. The van der Waals surface area contributed by atoms with E-state index in [1.165, 1.54) is 0 Å². The Morgan fingerprint density at radius 3 is 2.44 bits per heavy atom. The number of amides is 1. The molecule has 0 aromatic heterocycles. The van der Waals surface area contributed by atoms with Gasteiger partial charge < -0.3 is 16.0 Å². The number of rotatable bonds is 7. The lowest BCUT2D eigenvalue weighted by molar-refractivity contribution is -0.115. The molecule has 0 aliphatic carbocycles. The molecule has 136 valence electrons. The summed E-state index contributed by atoms with van der Waals surface area (Å²) in [4.78, 5) is 19.3. The number of nitrogens with two attached hydrogens (primary N) is 1. The number of allylic oxidation sites excluding steroid dienone is 2. The van der Waals surface area contributed by atoms with Crippen LogP contribution in [-0.4, -0.2) is 30.1 Å². The van der Waals surface area contributed by atoms with Crippen LogP contribution < -0.4 is 11.1 Å². The van der Waals surface area contributed by atoms with Crippen LogP contribution >= 0.6 is 0 Å². The quantitative estimate of drug-likeness (QED) is 0.434. The normalized spacial score (nSPS) is 18.2. The fourth-order valence-corrected chi connectivity index (χ4v) is 3.11. The molecule has 27 heavy (non-hydrogen) atoms. The molecule has 2 heterocycles. The van der Waals surface area contributed by atoms with Crippen molar-refractivity contribution in [1.82, 2.24) is 10.2 Å². The van der Waals surface area contributed by atoms with Gasteiger partial charge in [-0.1, -0.05) is 40.6 Å². The van der Waals surface area contributed by atoms with Crippen molar-refractivity contribution in [2.45, 2.75) is 12.1 Å². The van der Waals surface area contributed by atoms with Crippen LogP contribution in [0, 0.1) is 0 Å². The Morgan fingerprint density at radius 2 is 1.85 bits per heavy atom. The van der Waals surface area contributed by atoms with E-state index in [1.807, 2.05) is 42.5 Å². The van der Waals surface area contributed by atoms with Crippen LogP contribution in [0.4, 0.5) is 0 Å². The van der Waals surface area contributed by atoms with E-state index in [0.717, 1.165) is 11.1 Å². The first-order chi connectivity index (χ1) is 13.2. The van der Waals surface area contributed by atoms with Crippen molar-refractivity contribution >= 4 is 11.6 Å². The van der Waals surface area contributed by atoms with Crippen molar-refractivity contribution in [3.05, 3.63) is 86.4 Å². The maximum Gasteiger partial charge on any atom is 0.267 e. The molecule has 1 atom stereocenters. The van der Waals surface area contributed by atoms with Crippen molar-refractivity contribution < 1.29 is 4.79 Å². The minimum Gasteiger partial charge on any atom is -0.364 e. The fourth-order valence-electron chi connectivity index (χ4n) is 3.11. The van der Waals surface area contributed by atoms with Gasteiger partial charge in [-0.25, -0.2) is 0 Å². The van der Waals surface area contributed by atoms with Gasteiger partial charge in [0.25, 0.3) is 5.91 Å². The Hall–Kier alpha value is -3.87. The molecule has 3 N–H and O–H groups in total. The molecule has 2 aliphatic rings. The lowest BCUT2D eigenvalue weighted by atomic mass is 9.97. The van der Waals surface area contributed by atoms with Crippen LogP contribution in [0.25, 0.3) is 26.6 Å². The third-order valence-corrected chi connectivity index (χ3v) is 4.37. The van der Waals surface area contributed by atoms with Gasteiger partial charge in [0.15, 0.2) is 0 Å². The first kappa shape index (κ1) is 17.9. The van der Waals surface area contributed by atoms with Crippen LogP contribution in [0.2, 0.25) is 0 Å². The number of carbonyl (C=O) groups is 1. The summed E-state index contributed by atoms with van der Waals surface area (Å²) in [7, 11) is 0. The van der Waals surface area contributed by atoms with Crippen LogP contribution in [0.1, 0.15) is 17.0 Å². The third-order valence-electron chi connectivity index (χ3n) is 4.37. The van der Waals surface area contributed by atoms with Gasteiger partial charge in [0.1, 0.15) is 11.9 Å². The lowest BCUT2D eigenvalue weighted by Crippen LogP contribution is -2.35. The summed E-state index contributed by atoms with van der Waals surface area (Å²) in [5.41, 5.74) is 25.4. The second-order valence-electron chi connectivity index (χ2n) is 5.96. The van der Waals surface area contributed by atoms with Crippen molar-refractivity contribution in [2.75, 3.05) is 13.1 Å². The molecule has 0 spiro atoms. The van der Waals surface area contributed by atoms with Gasteiger partial charge in [0.05, 0.1) is 5.70 Å². The van der Waals surface area contributed by atoms with Crippen molar-refractivity contribution in [2.24, 2.45) is 16.0 Å². The van der Waals surface area contributed by atoms with E-state index < -0.39 is 5.91 Å². The molecule has 10 heteroatoms. The highest BCUT2D eigenvalue weighted by atomic mass is 16.1. The summed E-state index contributed by atoms with van der Waals surface area (Å²) in [5.74, 6) is -0.738. The first-order valence-corrected chi connectivity index (χ1v) is 8.21. The summed E-state index contributed by atoms with van der Waals surface area (Å²) in [6, 6.07) is 7.42. The summed E-state index contributed by atoms with van der Waals surface area (Å²) >= 11 is 0. The molecule has 0 saturated heterocycles. The highest BCUT2D eigenvalue weighted by Crippen LogP contribution is 2.30.